The summed E-state index contributed by atoms with van der Waals surface area (Å²) in [6.07, 6.45) is 0. The van der Waals surface area contributed by atoms with E-state index in [0.29, 0.717) is 33.0 Å². The summed E-state index contributed by atoms with van der Waals surface area (Å²) < 4.78 is 5.91. The minimum Gasteiger partial charge on any atom is -0.437 e. The average Bonchev–Trinajstić information content (AvgIpc) is 2.70. The number of hydrogen-bond acceptors (Lipinski definition) is 4. The SMILES string of the molecule is Cc1ccc(C(=Nc2ccc(C(C)C)cc2)NO)c(Oc2cc(Cl)ccc2Cl)n1. The Morgan fingerprint density at radius 1 is 1.07 bits per heavy atom. The molecule has 0 bridgehead atoms. The molecule has 0 spiro atoms. The van der Waals surface area contributed by atoms with Crippen LogP contribution in [0.5, 0.6) is 11.6 Å². The number of rotatable bonds is 5. The van der Waals surface area contributed by atoms with Gasteiger partial charge in [-0.3, -0.25) is 10.7 Å². The van der Waals surface area contributed by atoms with Gasteiger partial charge in [0.2, 0.25) is 5.88 Å². The van der Waals surface area contributed by atoms with Crippen molar-refractivity contribution in [1.82, 2.24) is 10.5 Å². The normalized spacial score (nSPS) is 11.6. The van der Waals surface area contributed by atoms with Gasteiger partial charge in [0.15, 0.2) is 5.84 Å². The lowest BCUT2D eigenvalue weighted by Crippen LogP contribution is -2.21. The van der Waals surface area contributed by atoms with Crippen molar-refractivity contribution < 1.29 is 9.94 Å². The quantitative estimate of drug-likeness (QED) is 0.270. The summed E-state index contributed by atoms with van der Waals surface area (Å²) in [5.41, 5.74) is 5.24. The first-order valence-corrected chi connectivity index (χ1v) is 9.82. The van der Waals surface area contributed by atoms with Gasteiger partial charge >= 0.3 is 0 Å². The van der Waals surface area contributed by atoms with Gasteiger partial charge in [0, 0.05) is 16.8 Å². The molecule has 3 aromatic rings. The topological polar surface area (TPSA) is 66.7 Å². The fraction of sp³-hybridized carbons (Fsp3) is 0.182. The Morgan fingerprint density at radius 2 is 1.79 bits per heavy atom. The third-order valence-electron chi connectivity index (χ3n) is 4.26. The van der Waals surface area contributed by atoms with Gasteiger partial charge in [0.25, 0.3) is 0 Å². The van der Waals surface area contributed by atoms with Crippen molar-refractivity contribution >= 4 is 34.7 Å². The Bertz CT molecular complexity index is 1030. The lowest BCUT2D eigenvalue weighted by molar-refractivity contribution is 0.234. The van der Waals surface area contributed by atoms with E-state index in [9.17, 15) is 5.21 Å². The molecule has 1 aromatic heterocycles. The van der Waals surface area contributed by atoms with Gasteiger partial charge < -0.3 is 4.74 Å². The zero-order valence-corrected chi connectivity index (χ0v) is 17.8. The molecule has 0 radical (unpaired) electrons. The van der Waals surface area contributed by atoms with Crippen LogP contribution in [-0.4, -0.2) is 16.0 Å². The first-order valence-electron chi connectivity index (χ1n) is 9.07. The molecule has 0 amide bonds. The van der Waals surface area contributed by atoms with Crippen molar-refractivity contribution in [2.45, 2.75) is 26.7 Å². The van der Waals surface area contributed by atoms with Crippen LogP contribution in [0, 0.1) is 6.92 Å². The number of nitrogens with zero attached hydrogens (tertiary/aromatic N) is 2. The number of hydrogen-bond donors (Lipinski definition) is 2. The number of aliphatic imine (C=N–C) groups is 1. The highest BCUT2D eigenvalue weighted by Gasteiger charge is 2.15. The number of aryl methyl sites for hydroxylation is 1. The zero-order valence-electron chi connectivity index (χ0n) is 16.3. The Kier molecular flexibility index (Phi) is 6.75. The van der Waals surface area contributed by atoms with E-state index in [-0.39, 0.29) is 11.7 Å². The molecular weight excluding hydrogens is 409 g/mol. The minimum absolute atomic E-state index is 0.197. The van der Waals surface area contributed by atoms with E-state index in [2.05, 4.69) is 29.3 Å². The van der Waals surface area contributed by atoms with Gasteiger partial charge in [0.1, 0.15) is 5.75 Å². The summed E-state index contributed by atoms with van der Waals surface area (Å²) in [7, 11) is 0. The Labute approximate surface area is 180 Å². The Morgan fingerprint density at radius 3 is 2.45 bits per heavy atom. The van der Waals surface area contributed by atoms with Gasteiger partial charge in [-0.15, -0.1) is 0 Å². The number of benzene rings is 2. The molecular formula is C22H21Cl2N3O2. The number of amidine groups is 1. The van der Waals surface area contributed by atoms with Crippen molar-refractivity contribution in [1.29, 1.82) is 0 Å². The van der Waals surface area contributed by atoms with E-state index in [1.807, 2.05) is 31.2 Å². The largest absolute Gasteiger partial charge is 0.437 e. The Hall–Kier alpha value is -2.60. The fourth-order valence-electron chi connectivity index (χ4n) is 2.66. The molecule has 0 aliphatic heterocycles. The van der Waals surface area contributed by atoms with Crippen LogP contribution in [0.4, 0.5) is 5.69 Å². The van der Waals surface area contributed by atoms with E-state index in [1.54, 1.807) is 30.3 Å². The van der Waals surface area contributed by atoms with Crippen molar-refractivity contribution in [3.05, 3.63) is 81.5 Å². The first-order chi connectivity index (χ1) is 13.9. The standard InChI is InChI=1S/C22H21Cl2N3O2/c1-13(2)15-5-8-17(9-6-15)26-21(27-28)18-10-4-14(3)25-22(18)29-20-12-16(23)7-11-19(20)24/h4-13,28H,1-3H3,(H,26,27). The van der Waals surface area contributed by atoms with Crippen molar-refractivity contribution in [2.24, 2.45) is 4.99 Å². The summed E-state index contributed by atoms with van der Waals surface area (Å²) in [6, 6.07) is 16.3. The van der Waals surface area contributed by atoms with E-state index >= 15 is 0 Å². The average molecular weight is 430 g/mol. The summed E-state index contributed by atoms with van der Waals surface area (Å²) in [4.78, 5) is 8.93. The van der Waals surface area contributed by atoms with E-state index in [4.69, 9.17) is 27.9 Å². The van der Waals surface area contributed by atoms with Crippen LogP contribution >= 0.6 is 23.2 Å². The number of nitrogens with one attached hydrogen (secondary N) is 1. The second kappa shape index (κ2) is 9.27. The van der Waals surface area contributed by atoms with Crippen molar-refractivity contribution in [2.75, 3.05) is 0 Å². The molecule has 3 rings (SSSR count). The molecule has 0 atom stereocenters. The highest BCUT2D eigenvalue weighted by molar-refractivity contribution is 6.34. The predicted octanol–water partition coefficient (Wildman–Crippen LogP) is 6.67. The number of aromatic nitrogens is 1. The summed E-state index contributed by atoms with van der Waals surface area (Å²) in [6.45, 7) is 6.09. The molecule has 2 N–H and O–H groups in total. The molecule has 1 heterocycles. The Balaban J connectivity index is 2.00. The molecule has 0 saturated heterocycles. The number of ether oxygens (including phenoxy) is 1. The highest BCUT2D eigenvalue weighted by atomic mass is 35.5. The van der Waals surface area contributed by atoms with Crippen LogP contribution in [0.2, 0.25) is 10.0 Å². The molecule has 0 unspecified atom stereocenters. The second-order valence-electron chi connectivity index (χ2n) is 6.80. The smallest absolute Gasteiger partial charge is 0.230 e. The third-order valence-corrected chi connectivity index (χ3v) is 4.81. The summed E-state index contributed by atoms with van der Waals surface area (Å²) in [5.74, 6) is 1.22. The predicted molar refractivity (Wildman–Crippen MR) is 117 cm³/mol. The zero-order chi connectivity index (χ0) is 21.0. The molecule has 5 nitrogen and oxygen atoms in total. The number of halogens is 2. The van der Waals surface area contributed by atoms with Crippen LogP contribution in [0.15, 0.2) is 59.6 Å². The van der Waals surface area contributed by atoms with Gasteiger partial charge in [-0.1, -0.05) is 49.2 Å². The maximum Gasteiger partial charge on any atom is 0.230 e. The van der Waals surface area contributed by atoms with Crippen LogP contribution < -0.4 is 10.2 Å². The van der Waals surface area contributed by atoms with Gasteiger partial charge in [-0.05, 0) is 54.8 Å². The minimum atomic E-state index is 0.197. The van der Waals surface area contributed by atoms with E-state index < -0.39 is 0 Å². The van der Waals surface area contributed by atoms with Crippen LogP contribution in [0.25, 0.3) is 0 Å². The fourth-order valence-corrected chi connectivity index (χ4v) is 2.98. The lowest BCUT2D eigenvalue weighted by Gasteiger charge is -2.13. The van der Waals surface area contributed by atoms with Crippen molar-refractivity contribution in [3.8, 4) is 11.6 Å². The monoisotopic (exact) mass is 429 g/mol. The molecule has 29 heavy (non-hydrogen) atoms. The molecule has 0 aliphatic carbocycles. The van der Waals surface area contributed by atoms with Crippen LogP contribution in [0.3, 0.4) is 0 Å². The molecule has 150 valence electrons. The van der Waals surface area contributed by atoms with Crippen LogP contribution in [0.1, 0.15) is 36.6 Å². The number of hydroxylamine groups is 1. The first kappa shape index (κ1) is 21.1. The van der Waals surface area contributed by atoms with Gasteiger partial charge in [-0.2, -0.15) is 0 Å². The van der Waals surface area contributed by atoms with Gasteiger partial charge in [0.05, 0.1) is 16.3 Å². The summed E-state index contributed by atoms with van der Waals surface area (Å²) in [5, 5.41) is 10.6. The maximum atomic E-state index is 9.73. The van der Waals surface area contributed by atoms with E-state index in [1.165, 1.54) is 5.56 Å². The van der Waals surface area contributed by atoms with Gasteiger partial charge in [-0.25, -0.2) is 9.98 Å². The third kappa shape index (κ3) is 5.26. The molecule has 0 aliphatic rings. The highest BCUT2D eigenvalue weighted by Crippen LogP contribution is 2.33. The molecule has 0 fully saturated rings. The molecule has 0 saturated carbocycles. The summed E-state index contributed by atoms with van der Waals surface area (Å²) >= 11 is 12.3. The molecule has 7 heteroatoms. The lowest BCUT2D eigenvalue weighted by atomic mass is 10.0. The number of pyridine rings is 1. The van der Waals surface area contributed by atoms with E-state index in [0.717, 1.165) is 5.69 Å². The molecule has 2 aromatic carbocycles. The second-order valence-corrected chi connectivity index (χ2v) is 7.64. The maximum absolute atomic E-state index is 9.73. The van der Waals surface area contributed by atoms with Crippen molar-refractivity contribution in [3.63, 3.8) is 0 Å². The van der Waals surface area contributed by atoms with Crippen LogP contribution in [-0.2, 0) is 0 Å².